The molecular formula is C13H28N2O3. The number of hydrogen-bond donors (Lipinski definition) is 1. The van der Waals surface area contributed by atoms with Crippen molar-refractivity contribution in [2.45, 2.75) is 32.7 Å². The SMILES string of the molecule is CCC(C)[C@H](N)C(=O)N(CCCOC)CCOC. The lowest BCUT2D eigenvalue weighted by molar-refractivity contribution is -0.134. The summed E-state index contributed by atoms with van der Waals surface area (Å²) >= 11 is 0. The Labute approximate surface area is 111 Å². The Morgan fingerprint density at radius 1 is 1.22 bits per heavy atom. The van der Waals surface area contributed by atoms with Gasteiger partial charge in [0.05, 0.1) is 12.6 Å². The first-order valence-corrected chi connectivity index (χ1v) is 6.60. The normalized spacial score (nSPS) is 14.3. The fourth-order valence-electron chi connectivity index (χ4n) is 1.64. The van der Waals surface area contributed by atoms with Gasteiger partial charge in [0.2, 0.25) is 5.91 Å². The molecule has 0 saturated carbocycles. The van der Waals surface area contributed by atoms with Gasteiger partial charge in [0.25, 0.3) is 0 Å². The number of nitrogens with zero attached hydrogens (tertiary/aromatic N) is 1. The summed E-state index contributed by atoms with van der Waals surface area (Å²) in [5, 5.41) is 0. The van der Waals surface area contributed by atoms with Crippen LogP contribution in [0.25, 0.3) is 0 Å². The standard InChI is InChI=1S/C13H28N2O3/c1-5-11(2)12(14)13(16)15(8-10-18-4)7-6-9-17-3/h11-12H,5-10,14H2,1-4H3/t11?,12-/m0/s1. The summed E-state index contributed by atoms with van der Waals surface area (Å²) in [5.41, 5.74) is 5.98. The zero-order valence-electron chi connectivity index (χ0n) is 12.1. The molecule has 1 amide bonds. The van der Waals surface area contributed by atoms with E-state index in [2.05, 4.69) is 0 Å². The summed E-state index contributed by atoms with van der Waals surface area (Å²) < 4.78 is 10.0. The third-order valence-corrected chi connectivity index (χ3v) is 3.20. The monoisotopic (exact) mass is 260 g/mol. The molecule has 0 aromatic carbocycles. The molecule has 0 saturated heterocycles. The van der Waals surface area contributed by atoms with Crippen molar-refractivity contribution >= 4 is 5.91 Å². The highest BCUT2D eigenvalue weighted by Gasteiger charge is 2.24. The van der Waals surface area contributed by atoms with E-state index in [9.17, 15) is 4.79 Å². The fraction of sp³-hybridized carbons (Fsp3) is 0.923. The third kappa shape index (κ3) is 6.33. The lowest BCUT2D eigenvalue weighted by Crippen LogP contribution is -2.48. The Hall–Kier alpha value is -0.650. The predicted octanol–water partition coefficient (Wildman–Crippen LogP) is 0.871. The van der Waals surface area contributed by atoms with Crippen molar-refractivity contribution in [2.75, 3.05) is 40.5 Å². The molecule has 0 bridgehead atoms. The van der Waals surface area contributed by atoms with Crippen molar-refractivity contribution in [3.8, 4) is 0 Å². The van der Waals surface area contributed by atoms with Crippen LogP contribution in [0.2, 0.25) is 0 Å². The average molecular weight is 260 g/mol. The molecule has 0 radical (unpaired) electrons. The molecule has 0 aliphatic rings. The van der Waals surface area contributed by atoms with E-state index in [4.69, 9.17) is 15.2 Å². The van der Waals surface area contributed by atoms with E-state index in [0.29, 0.717) is 26.3 Å². The van der Waals surface area contributed by atoms with Crippen LogP contribution in [0.1, 0.15) is 26.7 Å². The summed E-state index contributed by atoms with van der Waals surface area (Å²) in [6, 6.07) is -0.422. The van der Waals surface area contributed by atoms with Crippen molar-refractivity contribution in [3.63, 3.8) is 0 Å². The van der Waals surface area contributed by atoms with Gasteiger partial charge in [-0.05, 0) is 12.3 Å². The molecule has 0 aromatic heterocycles. The van der Waals surface area contributed by atoms with Gasteiger partial charge in [0.15, 0.2) is 0 Å². The number of nitrogens with two attached hydrogens (primary N) is 1. The van der Waals surface area contributed by atoms with Gasteiger partial charge in [-0.15, -0.1) is 0 Å². The van der Waals surface area contributed by atoms with Crippen LogP contribution in [0.3, 0.4) is 0 Å². The Balaban J connectivity index is 4.37. The number of carbonyl (C=O) groups is 1. The van der Waals surface area contributed by atoms with Gasteiger partial charge in [-0.1, -0.05) is 20.3 Å². The minimum atomic E-state index is -0.422. The van der Waals surface area contributed by atoms with Gasteiger partial charge >= 0.3 is 0 Å². The number of rotatable bonds is 10. The maximum atomic E-state index is 12.2. The number of methoxy groups -OCH3 is 2. The van der Waals surface area contributed by atoms with Crippen molar-refractivity contribution in [1.82, 2.24) is 4.90 Å². The van der Waals surface area contributed by atoms with Crippen LogP contribution in [-0.4, -0.2) is 57.4 Å². The van der Waals surface area contributed by atoms with Crippen LogP contribution in [0.5, 0.6) is 0 Å². The van der Waals surface area contributed by atoms with Gasteiger partial charge in [-0.3, -0.25) is 4.79 Å². The molecular weight excluding hydrogens is 232 g/mol. The molecule has 0 rings (SSSR count). The lowest BCUT2D eigenvalue weighted by atomic mass is 9.99. The molecule has 108 valence electrons. The van der Waals surface area contributed by atoms with Crippen molar-refractivity contribution in [2.24, 2.45) is 11.7 Å². The molecule has 2 N–H and O–H groups in total. The van der Waals surface area contributed by atoms with E-state index in [1.807, 2.05) is 13.8 Å². The topological polar surface area (TPSA) is 64.8 Å². The summed E-state index contributed by atoms with van der Waals surface area (Å²) in [6.45, 7) is 6.49. The second kappa shape index (κ2) is 10.3. The van der Waals surface area contributed by atoms with Crippen LogP contribution >= 0.6 is 0 Å². The van der Waals surface area contributed by atoms with E-state index in [-0.39, 0.29) is 11.8 Å². The highest BCUT2D eigenvalue weighted by molar-refractivity contribution is 5.81. The number of hydrogen-bond acceptors (Lipinski definition) is 4. The molecule has 0 fully saturated rings. The average Bonchev–Trinajstić information content (AvgIpc) is 2.40. The van der Waals surface area contributed by atoms with Crippen LogP contribution in [0, 0.1) is 5.92 Å². The summed E-state index contributed by atoms with van der Waals surface area (Å²) in [4.78, 5) is 14.0. The molecule has 0 aliphatic carbocycles. The molecule has 1 unspecified atom stereocenters. The van der Waals surface area contributed by atoms with E-state index >= 15 is 0 Å². The smallest absolute Gasteiger partial charge is 0.239 e. The molecule has 0 heterocycles. The third-order valence-electron chi connectivity index (χ3n) is 3.20. The highest BCUT2D eigenvalue weighted by atomic mass is 16.5. The second-order valence-corrected chi connectivity index (χ2v) is 4.58. The minimum absolute atomic E-state index is 0.0116. The number of amides is 1. The Morgan fingerprint density at radius 2 is 1.83 bits per heavy atom. The van der Waals surface area contributed by atoms with E-state index in [1.165, 1.54) is 0 Å². The van der Waals surface area contributed by atoms with Crippen LogP contribution in [0.4, 0.5) is 0 Å². The van der Waals surface area contributed by atoms with Crippen LogP contribution < -0.4 is 5.73 Å². The van der Waals surface area contributed by atoms with Crippen LogP contribution in [0.15, 0.2) is 0 Å². The van der Waals surface area contributed by atoms with Crippen molar-refractivity contribution < 1.29 is 14.3 Å². The fourth-order valence-corrected chi connectivity index (χ4v) is 1.64. The molecule has 0 spiro atoms. The Bertz CT molecular complexity index is 224. The van der Waals surface area contributed by atoms with Crippen LogP contribution in [-0.2, 0) is 14.3 Å². The summed E-state index contributed by atoms with van der Waals surface area (Å²) in [6.07, 6.45) is 1.72. The first kappa shape index (κ1) is 17.4. The number of carbonyl (C=O) groups excluding carboxylic acids is 1. The minimum Gasteiger partial charge on any atom is -0.385 e. The summed E-state index contributed by atoms with van der Waals surface area (Å²) in [7, 11) is 3.29. The predicted molar refractivity (Wildman–Crippen MR) is 72.4 cm³/mol. The zero-order chi connectivity index (χ0) is 14.0. The van der Waals surface area contributed by atoms with Gasteiger partial charge in [-0.2, -0.15) is 0 Å². The largest absolute Gasteiger partial charge is 0.385 e. The maximum absolute atomic E-state index is 12.2. The van der Waals surface area contributed by atoms with Crippen molar-refractivity contribution in [1.29, 1.82) is 0 Å². The van der Waals surface area contributed by atoms with Gasteiger partial charge < -0.3 is 20.1 Å². The second-order valence-electron chi connectivity index (χ2n) is 4.58. The van der Waals surface area contributed by atoms with E-state index < -0.39 is 6.04 Å². The zero-order valence-corrected chi connectivity index (χ0v) is 12.1. The first-order chi connectivity index (χ1) is 8.58. The van der Waals surface area contributed by atoms with E-state index in [0.717, 1.165) is 12.8 Å². The molecule has 2 atom stereocenters. The number of ether oxygens (including phenoxy) is 2. The quantitative estimate of drug-likeness (QED) is 0.592. The van der Waals surface area contributed by atoms with E-state index in [1.54, 1.807) is 19.1 Å². The van der Waals surface area contributed by atoms with Crippen molar-refractivity contribution in [3.05, 3.63) is 0 Å². The summed E-state index contributed by atoms with van der Waals surface area (Å²) in [5.74, 6) is 0.211. The molecule has 0 aliphatic heterocycles. The molecule has 18 heavy (non-hydrogen) atoms. The van der Waals surface area contributed by atoms with Gasteiger partial charge in [0, 0.05) is 33.9 Å². The lowest BCUT2D eigenvalue weighted by Gasteiger charge is -2.27. The van der Waals surface area contributed by atoms with Gasteiger partial charge in [0.1, 0.15) is 0 Å². The molecule has 0 aromatic rings. The highest BCUT2D eigenvalue weighted by Crippen LogP contribution is 2.09. The first-order valence-electron chi connectivity index (χ1n) is 6.60. The Kier molecular flexibility index (Phi) is 9.92. The Morgan fingerprint density at radius 3 is 2.33 bits per heavy atom. The van der Waals surface area contributed by atoms with Gasteiger partial charge in [-0.25, -0.2) is 0 Å². The molecule has 5 nitrogen and oxygen atoms in total. The maximum Gasteiger partial charge on any atom is 0.239 e. The molecule has 5 heteroatoms.